The van der Waals surface area contributed by atoms with Gasteiger partial charge in [-0.05, 0) is 12.8 Å². The highest BCUT2D eigenvalue weighted by atomic mass is 35.5. The van der Waals surface area contributed by atoms with E-state index in [2.05, 4.69) is 5.32 Å². The van der Waals surface area contributed by atoms with Gasteiger partial charge < -0.3 is 5.32 Å². The number of carbonyl (C=O) groups excluding carboxylic acids is 1. The van der Waals surface area contributed by atoms with Crippen LogP contribution in [0.3, 0.4) is 0 Å². The molecule has 0 radical (unpaired) electrons. The van der Waals surface area contributed by atoms with Crippen molar-refractivity contribution in [2.24, 2.45) is 5.92 Å². The van der Waals surface area contributed by atoms with Gasteiger partial charge in [0, 0.05) is 6.54 Å². The fourth-order valence-electron chi connectivity index (χ4n) is 1.50. The summed E-state index contributed by atoms with van der Waals surface area (Å²) in [6, 6.07) is 0. The Bertz CT molecular complexity index is 328. The van der Waals surface area contributed by atoms with E-state index < -0.39 is 9.84 Å². The molecule has 1 heterocycles. The molecular weight excluding hydrogens is 238 g/mol. The van der Waals surface area contributed by atoms with Crippen molar-refractivity contribution in [3.63, 3.8) is 0 Å². The minimum absolute atomic E-state index is 0.0160. The van der Waals surface area contributed by atoms with E-state index in [0.717, 1.165) is 6.42 Å². The summed E-state index contributed by atoms with van der Waals surface area (Å²) >= 11 is 5.84. The van der Waals surface area contributed by atoms with Crippen molar-refractivity contribution in [3.05, 3.63) is 0 Å². The summed E-state index contributed by atoms with van der Waals surface area (Å²) in [5.74, 6) is -0.452. The molecule has 0 aromatic carbocycles. The van der Waals surface area contributed by atoms with Gasteiger partial charge >= 0.3 is 0 Å². The number of hydrogen-bond acceptors (Lipinski definition) is 3. The van der Waals surface area contributed by atoms with E-state index in [-0.39, 0.29) is 28.7 Å². The minimum atomic E-state index is -2.98. The highest BCUT2D eigenvalue weighted by molar-refractivity contribution is 7.91. The van der Waals surface area contributed by atoms with Crippen molar-refractivity contribution in [2.75, 3.05) is 18.1 Å². The quantitative estimate of drug-likeness (QED) is 0.745. The van der Waals surface area contributed by atoms with Crippen LogP contribution in [0.25, 0.3) is 0 Å². The van der Waals surface area contributed by atoms with Crippen molar-refractivity contribution in [1.82, 2.24) is 5.32 Å². The Morgan fingerprint density at radius 3 is 2.73 bits per heavy atom. The van der Waals surface area contributed by atoms with E-state index >= 15 is 0 Å². The molecule has 1 aliphatic heterocycles. The highest BCUT2D eigenvalue weighted by Crippen LogP contribution is 2.18. The van der Waals surface area contributed by atoms with Gasteiger partial charge in [-0.1, -0.05) is 6.92 Å². The molecule has 2 atom stereocenters. The summed E-state index contributed by atoms with van der Waals surface area (Å²) in [6.07, 6.45) is 1.22. The lowest BCUT2D eigenvalue weighted by Crippen LogP contribution is -2.35. The maximum absolute atomic E-state index is 11.5. The van der Waals surface area contributed by atoms with Gasteiger partial charge in [0.15, 0.2) is 9.84 Å². The van der Waals surface area contributed by atoms with Gasteiger partial charge in [0.2, 0.25) is 5.91 Å². The van der Waals surface area contributed by atoms with Gasteiger partial charge in [-0.2, -0.15) is 0 Å². The standard InChI is InChI=1S/C9H16ClNO3S/c1-2-8(10)5-11-9(12)7-3-4-15(13,14)6-7/h7-8H,2-6H2,1H3,(H,11,12). The van der Waals surface area contributed by atoms with Crippen LogP contribution in [0.1, 0.15) is 19.8 Å². The fourth-order valence-corrected chi connectivity index (χ4v) is 3.32. The summed E-state index contributed by atoms with van der Waals surface area (Å²) in [4.78, 5) is 11.5. The summed E-state index contributed by atoms with van der Waals surface area (Å²) in [5.41, 5.74) is 0. The largest absolute Gasteiger partial charge is 0.354 e. The second-order valence-corrected chi connectivity index (χ2v) is 6.70. The van der Waals surface area contributed by atoms with Crippen LogP contribution in [0.4, 0.5) is 0 Å². The van der Waals surface area contributed by atoms with Crippen molar-refractivity contribution in [2.45, 2.75) is 25.1 Å². The topological polar surface area (TPSA) is 63.2 Å². The Labute approximate surface area is 95.3 Å². The zero-order valence-corrected chi connectivity index (χ0v) is 10.3. The zero-order valence-electron chi connectivity index (χ0n) is 8.70. The minimum Gasteiger partial charge on any atom is -0.354 e. The van der Waals surface area contributed by atoms with Crippen molar-refractivity contribution in [3.8, 4) is 0 Å². The zero-order chi connectivity index (χ0) is 11.5. The number of sulfone groups is 1. The van der Waals surface area contributed by atoms with Crippen LogP contribution in [-0.2, 0) is 14.6 Å². The van der Waals surface area contributed by atoms with E-state index in [1.54, 1.807) is 0 Å². The van der Waals surface area contributed by atoms with E-state index in [0.29, 0.717) is 13.0 Å². The first-order valence-corrected chi connectivity index (χ1v) is 7.32. The number of rotatable bonds is 4. The first-order valence-electron chi connectivity index (χ1n) is 5.07. The Morgan fingerprint density at radius 1 is 1.60 bits per heavy atom. The molecule has 1 amide bonds. The van der Waals surface area contributed by atoms with Gasteiger partial charge in [0.05, 0.1) is 22.8 Å². The molecule has 2 unspecified atom stereocenters. The predicted molar refractivity (Wildman–Crippen MR) is 59.7 cm³/mol. The van der Waals surface area contributed by atoms with E-state index in [9.17, 15) is 13.2 Å². The lowest BCUT2D eigenvalue weighted by Gasteiger charge is -2.11. The SMILES string of the molecule is CCC(Cl)CNC(=O)C1CCS(=O)(=O)C1. The van der Waals surface area contributed by atoms with Crippen LogP contribution < -0.4 is 5.32 Å². The molecule has 1 rings (SSSR count). The Hall–Kier alpha value is -0.290. The summed E-state index contributed by atoms with van der Waals surface area (Å²) < 4.78 is 22.3. The molecule has 0 bridgehead atoms. The molecule has 0 saturated carbocycles. The fraction of sp³-hybridized carbons (Fsp3) is 0.889. The van der Waals surface area contributed by atoms with Crippen LogP contribution >= 0.6 is 11.6 Å². The Morgan fingerprint density at radius 2 is 2.27 bits per heavy atom. The maximum atomic E-state index is 11.5. The molecule has 0 spiro atoms. The molecule has 15 heavy (non-hydrogen) atoms. The van der Waals surface area contributed by atoms with Gasteiger partial charge in [-0.3, -0.25) is 4.79 Å². The van der Waals surface area contributed by atoms with Crippen molar-refractivity contribution < 1.29 is 13.2 Å². The third kappa shape index (κ3) is 3.99. The molecular formula is C9H16ClNO3S. The summed E-state index contributed by atoms with van der Waals surface area (Å²) in [6.45, 7) is 2.34. The molecule has 1 saturated heterocycles. The van der Waals surface area contributed by atoms with Crippen LogP contribution in [-0.4, -0.2) is 37.8 Å². The first-order chi connectivity index (χ1) is 6.94. The van der Waals surface area contributed by atoms with Gasteiger partial charge in [-0.25, -0.2) is 8.42 Å². The molecule has 6 heteroatoms. The Balaban J connectivity index is 2.36. The molecule has 1 aliphatic rings. The van der Waals surface area contributed by atoms with Crippen LogP contribution in [0.2, 0.25) is 0 Å². The monoisotopic (exact) mass is 253 g/mol. The lowest BCUT2D eigenvalue weighted by molar-refractivity contribution is -0.124. The molecule has 0 aromatic heterocycles. The van der Waals surface area contributed by atoms with Crippen molar-refractivity contribution in [1.29, 1.82) is 0 Å². The number of amides is 1. The average Bonchev–Trinajstić information content (AvgIpc) is 2.54. The molecule has 0 aromatic rings. The molecule has 0 aliphatic carbocycles. The number of halogens is 1. The third-order valence-electron chi connectivity index (χ3n) is 2.54. The third-order valence-corrected chi connectivity index (χ3v) is 4.77. The second-order valence-electron chi connectivity index (χ2n) is 3.85. The summed E-state index contributed by atoms with van der Waals surface area (Å²) in [7, 11) is -2.98. The average molecular weight is 254 g/mol. The number of alkyl halides is 1. The van der Waals surface area contributed by atoms with Crippen LogP contribution in [0.5, 0.6) is 0 Å². The van der Waals surface area contributed by atoms with E-state index in [1.165, 1.54) is 0 Å². The smallest absolute Gasteiger partial charge is 0.224 e. The van der Waals surface area contributed by atoms with E-state index in [4.69, 9.17) is 11.6 Å². The molecule has 1 N–H and O–H groups in total. The second kappa shape index (κ2) is 5.16. The van der Waals surface area contributed by atoms with Crippen molar-refractivity contribution >= 4 is 27.3 Å². The number of hydrogen-bond donors (Lipinski definition) is 1. The summed E-state index contributed by atoms with van der Waals surface area (Å²) in [5, 5.41) is 2.60. The Kier molecular flexibility index (Phi) is 4.40. The van der Waals surface area contributed by atoms with Gasteiger partial charge in [-0.15, -0.1) is 11.6 Å². The number of carbonyl (C=O) groups is 1. The molecule has 4 nitrogen and oxygen atoms in total. The van der Waals surface area contributed by atoms with Crippen LogP contribution in [0, 0.1) is 5.92 Å². The van der Waals surface area contributed by atoms with Crippen LogP contribution in [0.15, 0.2) is 0 Å². The lowest BCUT2D eigenvalue weighted by atomic mass is 10.1. The van der Waals surface area contributed by atoms with E-state index in [1.807, 2.05) is 6.92 Å². The van der Waals surface area contributed by atoms with Gasteiger partial charge in [0.25, 0.3) is 0 Å². The first kappa shape index (κ1) is 12.8. The highest BCUT2D eigenvalue weighted by Gasteiger charge is 2.32. The number of nitrogens with one attached hydrogen (secondary N) is 1. The van der Waals surface area contributed by atoms with Gasteiger partial charge in [0.1, 0.15) is 0 Å². The maximum Gasteiger partial charge on any atom is 0.224 e. The normalized spacial score (nSPS) is 26.1. The molecule has 1 fully saturated rings. The molecule has 88 valence electrons. The predicted octanol–water partition coefficient (Wildman–Crippen LogP) is 0.555.